The minimum atomic E-state index is -1.44. The van der Waals surface area contributed by atoms with Gasteiger partial charge < -0.3 is 42.4 Å². The molecule has 11 N–H and O–H groups in total. The summed E-state index contributed by atoms with van der Waals surface area (Å²) in [5.41, 5.74) is 18.0. The van der Waals surface area contributed by atoms with Crippen molar-refractivity contribution in [2.24, 2.45) is 10.7 Å². The fraction of sp³-hybridized carbons (Fsp3) is 0.613. The third-order valence-corrected chi connectivity index (χ3v) is 7.72. The van der Waals surface area contributed by atoms with Gasteiger partial charge in [-0.15, -0.1) is 0 Å². The van der Waals surface area contributed by atoms with Crippen molar-refractivity contribution in [3.8, 4) is 5.75 Å². The monoisotopic (exact) mass is 666 g/mol. The highest BCUT2D eigenvalue weighted by molar-refractivity contribution is 6.31. The smallest absolute Gasteiger partial charge is 0.280 e. The number of carbonyl (C=O) groups is 1. The molecule has 14 nitrogen and oxygen atoms in total. The van der Waals surface area contributed by atoms with Crippen LogP contribution in [0, 0.1) is 0 Å². The number of nitrogens with two attached hydrogens (primary N) is 3. The number of rotatable bonds is 21. The second kappa shape index (κ2) is 20.8. The van der Waals surface area contributed by atoms with Gasteiger partial charge in [0.25, 0.3) is 5.91 Å². The average Bonchev–Trinajstić information content (AvgIpc) is 3.03. The predicted octanol–water partition coefficient (Wildman–Crippen LogP) is 1.48. The zero-order chi connectivity index (χ0) is 34.1. The van der Waals surface area contributed by atoms with Gasteiger partial charge in [0.05, 0.1) is 12.2 Å². The van der Waals surface area contributed by atoms with E-state index in [9.17, 15) is 25.2 Å². The van der Waals surface area contributed by atoms with Crippen LogP contribution in [-0.2, 0) is 6.42 Å². The third-order valence-electron chi connectivity index (χ3n) is 7.45. The van der Waals surface area contributed by atoms with Crippen LogP contribution in [0.3, 0.4) is 0 Å². The third kappa shape index (κ3) is 13.6. The molecule has 0 bridgehead atoms. The molecule has 2 rings (SSSR count). The first-order chi connectivity index (χ1) is 22.0. The van der Waals surface area contributed by atoms with Gasteiger partial charge in [0.1, 0.15) is 24.6 Å². The summed E-state index contributed by atoms with van der Waals surface area (Å²) < 4.78 is 5.95. The van der Waals surface area contributed by atoms with Gasteiger partial charge in [-0.05, 0) is 56.3 Å². The number of aliphatic hydroxyl groups excluding tert-OH is 4. The topological polar surface area (TPSA) is 239 Å². The minimum Gasteiger partial charge on any atom is -0.492 e. The van der Waals surface area contributed by atoms with Crippen molar-refractivity contribution in [1.29, 1.82) is 0 Å². The predicted molar refractivity (Wildman–Crippen MR) is 180 cm³/mol. The van der Waals surface area contributed by atoms with Gasteiger partial charge in [0, 0.05) is 19.6 Å². The van der Waals surface area contributed by atoms with E-state index in [1.54, 1.807) is 6.92 Å². The summed E-state index contributed by atoms with van der Waals surface area (Å²) in [5, 5.41) is 43.1. The van der Waals surface area contributed by atoms with Crippen LogP contribution >= 0.6 is 11.6 Å². The Kier molecular flexibility index (Phi) is 17.6. The van der Waals surface area contributed by atoms with E-state index in [4.69, 9.17) is 33.5 Å². The highest BCUT2D eigenvalue weighted by atomic mass is 35.5. The van der Waals surface area contributed by atoms with Crippen molar-refractivity contribution in [2.45, 2.75) is 89.6 Å². The van der Waals surface area contributed by atoms with Gasteiger partial charge >= 0.3 is 0 Å². The van der Waals surface area contributed by atoms with Gasteiger partial charge in [-0.3, -0.25) is 20.0 Å². The number of aliphatic imine (C=N–C) groups is 1. The summed E-state index contributed by atoms with van der Waals surface area (Å²) in [5.74, 6) is -0.278. The first-order valence-corrected chi connectivity index (χ1v) is 16.2. The maximum Gasteiger partial charge on any atom is 0.280 e. The summed E-state index contributed by atoms with van der Waals surface area (Å²) >= 11 is 5.81. The van der Waals surface area contributed by atoms with E-state index in [1.807, 2.05) is 29.2 Å². The molecule has 0 aliphatic heterocycles. The number of benzene rings is 1. The molecule has 0 radical (unpaired) electrons. The van der Waals surface area contributed by atoms with Gasteiger partial charge in [-0.25, -0.2) is 9.97 Å². The highest BCUT2D eigenvalue weighted by Crippen LogP contribution is 2.18. The van der Waals surface area contributed by atoms with Crippen LogP contribution < -0.4 is 27.3 Å². The number of halogens is 1. The van der Waals surface area contributed by atoms with Gasteiger partial charge in [0.2, 0.25) is 0 Å². The maximum absolute atomic E-state index is 12.3. The van der Waals surface area contributed by atoms with Crippen LogP contribution in [-0.4, -0.2) is 104 Å². The Bertz CT molecular complexity index is 1220. The average molecular weight is 667 g/mol. The molecule has 15 heteroatoms. The lowest BCUT2D eigenvalue weighted by molar-refractivity contribution is -0.111. The number of hydrogen-bond acceptors (Lipinski definition) is 12. The number of carbonyl (C=O) groups excluding carboxylic acids is 1. The molecule has 2 aromatic rings. The summed E-state index contributed by atoms with van der Waals surface area (Å²) in [6.45, 7) is 6.05. The Morgan fingerprint density at radius 2 is 1.65 bits per heavy atom. The Morgan fingerprint density at radius 1 is 0.957 bits per heavy atom. The lowest BCUT2D eigenvalue weighted by Crippen LogP contribution is -2.49. The van der Waals surface area contributed by atoms with Crippen molar-refractivity contribution >= 4 is 35.1 Å². The number of anilines is 2. The van der Waals surface area contributed by atoms with Crippen LogP contribution in [0.1, 0.15) is 74.8 Å². The molecular weight excluding hydrogens is 616 g/mol. The number of aromatic nitrogens is 2. The van der Waals surface area contributed by atoms with E-state index < -0.39 is 30.3 Å². The number of amides is 1. The number of aryl methyl sites for hydroxylation is 1. The fourth-order valence-electron chi connectivity index (χ4n) is 4.63. The van der Waals surface area contributed by atoms with E-state index in [0.717, 1.165) is 62.8 Å². The molecule has 1 amide bonds. The molecule has 1 heterocycles. The van der Waals surface area contributed by atoms with Gasteiger partial charge in [-0.1, -0.05) is 56.8 Å². The Labute approximate surface area is 276 Å². The lowest BCUT2D eigenvalue weighted by atomic mass is 10.0. The number of nitrogens with zero attached hydrogens (tertiary/aromatic N) is 4. The Morgan fingerprint density at radius 3 is 2.33 bits per heavy atom. The molecule has 0 spiro atoms. The van der Waals surface area contributed by atoms with E-state index in [2.05, 4.69) is 27.2 Å². The van der Waals surface area contributed by atoms with Crippen LogP contribution in [0.4, 0.5) is 11.6 Å². The standard InChI is InChI=1S/C31H51ClN8O6/c1-3-5-6-9-16-40(19-23(42)26(44)25(43)22(41)4-2)17-18-46-21-13-11-20(12-14-21)10-7-8-15-36-31(35)39-30(45)24-28(33)38-29(34)27(32)37-24/h11-14,22-23,25-26,41-44H,3-10,15-19H2,1-2H3,(H4,33,34,38)(H3,35,36,39,45)/t22-,23-,25-,26-/m1/s1. The molecule has 258 valence electrons. The first kappa shape index (κ1) is 38.9. The molecule has 46 heavy (non-hydrogen) atoms. The van der Waals surface area contributed by atoms with Crippen molar-refractivity contribution in [3.63, 3.8) is 0 Å². The zero-order valence-electron chi connectivity index (χ0n) is 26.8. The number of nitrogens with one attached hydrogen (secondary N) is 1. The summed E-state index contributed by atoms with van der Waals surface area (Å²) in [6.07, 6.45) is 1.78. The van der Waals surface area contributed by atoms with Crippen LogP contribution in [0.25, 0.3) is 0 Å². The van der Waals surface area contributed by atoms with Gasteiger partial charge in [0.15, 0.2) is 28.4 Å². The fourth-order valence-corrected chi connectivity index (χ4v) is 4.76. The number of hydrogen-bond donors (Lipinski definition) is 8. The molecular formula is C31H51ClN8O6. The normalized spacial score (nSPS) is 14.6. The van der Waals surface area contributed by atoms with Crippen molar-refractivity contribution in [1.82, 2.24) is 20.2 Å². The largest absolute Gasteiger partial charge is 0.492 e. The van der Waals surface area contributed by atoms with Crippen molar-refractivity contribution in [2.75, 3.05) is 44.3 Å². The molecule has 0 fully saturated rings. The molecule has 0 saturated heterocycles. The number of guanidine groups is 1. The van der Waals surface area contributed by atoms with Gasteiger partial charge in [-0.2, -0.15) is 0 Å². The molecule has 1 aromatic carbocycles. The van der Waals surface area contributed by atoms with E-state index in [1.165, 1.54) is 0 Å². The molecule has 4 atom stereocenters. The maximum atomic E-state index is 12.3. The van der Waals surface area contributed by atoms with E-state index in [-0.39, 0.29) is 41.4 Å². The van der Waals surface area contributed by atoms with Crippen LogP contribution in [0.5, 0.6) is 5.75 Å². The quantitative estimate of drug-likeness (QED) is 0.0537. The molecule has 0 saturated carbocycles. The molecule has 0 aliphatic rings. The minimum absolute atomic E-state index is 0.0706. The summed E-state index contributed by atoms with van der Waals surface area (Å²) in [4.78, 5) is 26.1. The Hall–Kier alpha value is -3.27. The number of unbranched alkanes of at least 4 members (excludes halogenated alkanes) is 4. The number of aliphatic hydroxyl groups is 4. The molecule has 0 unspecified atom stereocenters. The summed E-state index contributed by atoms with van der Waals surface area (Å²) in [7, 11) is 0. The molecule has 1 aromatic heterocycles. The van der Waals surface area contributed by atoms with Crippen molar-refractivity contribution < 1.29 is 30.0 Å². The second-order valence-electron chi connectivity index (χ2n) is 11.2. The summed E-state index contributed by atoms with van der Waals surface area (Å²) in [6, 6.07) is 7.82. The highest BCUT2D eigenvalue weighted by Gasteiger charge is 2.30. The lowest BCUT2D eigenvalue weighted by Gasteiger charge is -2.30. The van der Waals surface area contributed by atoms with Crippen LogP contribution in [0.2, 0.25) is 5.15 Å². The molecule has 0 aliphatic carbocycles. The number of ether oxygens (including phenoxy) is 1. The van der Waals surface area contributed by atoms with E-state index in [0.29, 0.717) is 19.7 Å². The Balaban J connectivity index is 1.76. The van der Waals surface area contributed by atoms with Crippen LogP contribution in [0.15, 0.2) is 29.3 Å². The van der Waals surface area contributed by atoms with Crippen molar-refractivity contribution in [3.05, 3.63) is 40.7 Å². The second-order valence-corrected chi connectivity index (χ2v) is 11.5. The van der Waals surface area contributed by atoms with E-state index >= 15 is 0 Å². The first-order valence-electron chi connectivity index (χ1n) is 15.8. The number of nitrogen functional groups attached to an aromatic ring is 2. The zero-order valence-corrected chi connectivity index (χ0v) is 27.6. The SMILES string of the molecule is CCCCCCN(CCOc1ccc(CCCCN=C(N)NC(=O)c2nc(Cl)c(N)nc2N)cc1)C[C@@H](O)[C@@H](O)[C@H](O)[C@H](O)CC.